The van der Waals surface area contributed by atoms with Gasteiger partial charge in [-0.1, -0.05) is 26.3 Å². The average molecular weight is 233 g/mol. The lowest BCUT2D eigenvalue weighted by molar-refractivity contribution is 0.125. The maximum Gasteiger partial charge on any atom is 0.0578 e. The quantitative estimate of drug-likeness (QED) is 0.863. The van der Waals surface area contributed by atoms with Crippen LogP contribution >= 0.6 is 0 Å². The molecule has 17 heavy (non-hydrogen) atoms. The summed E-state index contributed by atoms with van der Waals surface area (Å²) in [5.74, 6) is 0.656. The number of pyridine rings is 1. The van der Waals surface area contributed by atoms with Crippen molar-refractivity contribution in [3.63, 3.8) is 0 Å². The second-order valence-electron chi connectivity index (χ2n) is 4.87. The van der Waals surface area contributed by atoms with Crippen molar-refractivity contribution in [2.75, 3.05) is 26.2 Å². The van der Waals surface area contributed by atoms with Crippen LogP contribution in [0.4, 0.5) is 0 Å². The van der Waals surface area contributed by atoms with Gasteiger partial charge in [-0.25, -0.2) is 0 Å². The van der Waals surface area contributed by atoms with Gasteiger partial charge in [-0.15, -0.1) is 0 Å². The van der Waals surface area contributed by atoms with Crippen LogP contribution in [0, 0.1) is 5.92 Å². The van der Waals surface area contributed by atoms with E-state index < -0.39 is 0 Å². The fraction of sp³-hybridized carbons (Fsp3) is 0.643. The molecule has 1 unspecified atom stereocenters. The zero-order valence-electron chi connectivity index (χ0n) is 10.9. The zero-order chi connectivity index (χ0) is 12.1. The third-order valence-electron chi connectivity index (χ3n) is 3.72. The zero-order valence-corrected chi connectivity index (χ0v) is 10.9. The van der Waals surface area contributed by atoms with E-state index >= 15 is 0 Å². The molecule has 2 rings (SSSR count). The highest BCUT2D eigenvalue weighted by Crippen LogP contribution is 2.29. The van der Waals surface area contributed by atoms with Gasteiger partial charge in [0.2, 0.25) is 0 Å². The maximum atomic E-state index is 4.56. The SMILES string of the molecule is CCC(C)[C@@H](c1ccccn1)N1CCNCC1. The van der Waals surface area contributed by atoms with Crippen molar-refractivity contribution in [2.45, 2.75) is 26.3 Å². The molecular formula is C14H23N3. The molecule has 0 aliphatic carbocycles. The number of hydrogen-bond acceptors (Lipinski definition) is 3. The van der Waals surface area contributed by atoms with E-state index in [1.165, 1.54) is 12.1 Å². The summed E-state index contributed by atoms with van der Waals surface area (Å²) in [6.45, 7) is 9.06. The van der Waals surface area contributed by atoms with Gasteiger partial charge in [0, 0.05) is 32.4 Å². The van der Waals surface area contributed by atoms with Gasteiger partial charge in [0.05, 0.1) is 11.7 Å². The second-order valence-corrected chi connectivity index (χ2v) is 4.87. The monoisotopic (exact) mass is 233 g/mol. The largest absolute Gasteiger partial charge is 0.314 e. The highest BCUT2D eigenvalue weighted by atomic mass is 15.2. The fourth-order valence-electron chi connectivity index (χ4n) is 2.57. The molecule has 3 heteroatoms. The molecule has 1 aromatic heterocycles. The van der Waals surface area contributed by atoms with Crippen molar-refractivity contribution in [3.05, 3.63) is 30.1 Å². The summed E-state index contributed by atoms with van der Waals surface area (Å²) in [5, 5.41) is 3.42. The molecule has 1 aliphatic rings. The van der Waals surface area contributed by atoms with Gasteiger partial charge in [0.15, 0.2) is 0 Å². The third-order valence-corrected chi connectivity index (χ3v) is 3.72. The van der Waals surface area contributed by atoms with Gasteiger partial charge in [0.1, 0.15) is 0 Å². The van der Waals surface area contributed by atoms with Crippen LogP contribution in [-0.2, 0) is 0 Å². The van der Waals surface area contributed by atoms with Crippen molar-refractivity contribution >= 4 is 0 Å². The fourth-order valence-corrected chi connectivity index (χ4v) is 2.57. The lowest BCUT2D eigenvalue weighted by Gasteiger charge is -2.37. The van der Waals surface area contributed by atoms with Crippen LogP contribution in [0.1, 0.15) is 32.0 Å². The topological polar surface area (TPSA) is 28.2 Å². The Balaban J connectivity index is 2.18. The average Bonchev–Trinajstić information content (AvgIpc) is 2.41. The minimum atomic E-state index is 0.475. The number of rotatable bonds is 4. The van der Waals surface area contributed by atoms with E-state index in [2.05, 4.69) is 41.2 Å². The first-order valence-electron chi connectivity index (χ1n) is 6.68. The molecule has 0 amide bonds. The minimum absolute atomic E-state index is 0.475. The lowest BCUT2D eigenvalue weighted by atomic mass is 9.94. The summed E-state index contributed by atoms with van der Waals surface area (Å²) in [6.07, 6.45) is 3.11. The Morgan fingerprint density at radius 2 is 2.12 bits per heavy atom. The molecule has 0 radical (unpaired) electrons. The summed E-state index contributed by atoms with van der Waals surface area (Å²) >= 11 is 0. The Morgan fingerprint density at radius 3 is 2.71 bits per heavy atom. The molecule has 1 aromatic rings. The van der Waals surface area contributed by atoms with Crippen LogP contribution in [0.2, 0.25) is 0 Å². The lowest BCUT2D eigenvalue weighted by Crippen LogP contribution is -2.46. The molecule has 0 spiro atoms. The van der Waals surface area contributed by atoms with Crippen LogP contribution in [0.5, 0.6) is 0 Å². The molecule has 1 fully saturated rings. The van der Waals surface area contributed by atoms with Gasteiger partial charge in [0.25, 0.3) is 0 Å². The number of hydrogen-bond donors (Lipinski definition) is 1. The maximum absolute atomic E-state index is 4.56. The highest BCUT2D eigenvalue weighted by molar-refractivity contribution is 5.10. The van der Waals surface area contributed by atoms with Gasteiger partial charge in [-0.2, -0.15) is 0 Å². The summed E-state index contributed by atoms with van der Waals surface area (Å²) in [7, 11) is 0. The minimum Gasteiger partial charge on any atom is -0.314 e. The number of piperazine rings is 1. The third kappa shape index (κ3) is 3.05. The Bertz CT molecular complexity index is 319. The van der Waals surface area contributed by atoms with E-state index in [9.17, 15) is 0 Å². The van der Waals surface area contributed by atoms with Gasteiger partial charge in [-0.3, -0.25) is 9.88 Å². The van der Waals surface area contributed by atoms with E-state index in [0.717, 1.165) is 26.2 Å². The number of nitrogens with one attached hydrogen (secondary N) is 1. The molecule has 2 heterocycles. The smallest absolute Gasteiger partial charge is 0.0578 e. The second kappa shape index (κ2) is 6.12. The molecule has 1 saturated heterocycles. The van der Waals surface area contributed by atoms with Gasteiger partial charge >= 0.3 is 0 Å². The first kappa shape index (κ1) is 12.5. The highest BCUT2D eigenvalue weighted by Gasteiger charge is 2.26. The molecular weight excluding hydrogens is 210 g/mol. The molecule has 0 bridgehead atoms. The predicted octanol–water partition coefficient (Wildman–Crippen LogP) is 2.07. The summed E-state index contributed by atoms with van der Waals surface area (Å²) < 4.78 is 0. The number of nitrogens with zero attached hydrogens (tertiary/aromatic N) is 2. The Morgan fingerprint density at radius 1 is 1.35 bits per heavy atom. The Kier molecular flexibility index (Phi) is 4.51. The molecule has 2 atom stereocenters. The van der Waals surface area contributed by atoms with Crippen LogP contribution < -0.4 is 5.32 Å². The van der Waals surface area contributed by atoms with E-state index in [1.54, 1.807) is 0 Å². The molecule has 3 nitrogen and oxygen atoms in total. The molecule has 1 aliphatic heterocycles. The van der Waals surface area contributed by atoms with Crippen molar-refractivity contribution in [1.82, 2.24) is 15.2 Å². The van der Waals surface area contributed by atoms with Crippen molar-refractivity contribution in [2.24, 2.45) is 5.92 Å². The summed E-state index contributed by atoms with van der Waals surface area (Å²) in [6, 6.07) is 6.73. The predicted molar refractivity (Wildman–Crippen MR) is 70.9 cm³/mol. The number of aromatic nitrogens is 1. The summed E-state index contributed by atoms with van der Waals surface area (Å²) in [4.78, 5) is 7.14. The van der Waals surface area contributed by atoms with Gasteiger partial charge < -0.3 is 5.32 Å². The van der Waals surface area contributed by atoms with Crippen LogP contribution in [0.3, 0.4) is 0 Å². The molecule has 0 aromatic carbocycles. The van der Waals surface area contributed by atoms with Crippen molar-refractivity contribution < 1.29 is 0 Å². The Labute approximate surface area is 104 Å². The van der Waals surface area contributed by atoms with Crippen LogP contribution in [0.25, 0.3) is 0 Å². The Hall–Kier alpha value is -0.930. The van der Waals surface area contributed by atoms with Crippen LogP contribution in [0.15, 0.2) is 24.4 Å². The standard InChI is InChI=1S/C14H23N3/c1-3-12(2)14(13-6-4-5-7-16-13)17-10-8-15-9-11-17/h4-7,12,14-15H,3,8-11H2,1-2H3/t12?,14-/m0/s1. The molecule has 94 valence electrons. The molecule has 0 saturated carbocycles. The first-order valence-corrected chi connectivity index (χ1v) is 6.68. The molecule has 1 N–H and O–H groups in total. The van der Waals surface area contributed by atoms with E-state index in [0.29, 0.717) is 12.0 Å². The van der Waals surface area contributed by atoms with Crippen molar-refractivity contribution in [1.29, 1.82) is 0 Å². The van der Waals surface area contributed by atoms with Gasteiger partial charge in [-0.05, 0) is 18.1 Å². The van der Waals surface area contributed by atoms with E-state index in [1.807, 2.05) is 12.3 Å². The summed E-state index contributed by atoms with van der Waals surface area (Å²) in [5.41, 5.74) is 1.23. The normalized spacial score (nSPS) is 21.1. The van der Waals surface area contributed by atoms with Crippen molar-refractivity contribution in [3.8, 4) is 0 Å². The van der Waals surface area contributed by atoms with E-state index in [-0.39, 0.29) is 0 Å². The van der Waals surface area contributed by atoms with E-state index in [4.69, 9.17) is 0 Å². The first-order chi connectivity index (χ1) is 8.33. The van der Waals surface area contributed by atoms with Crippen LogP contribution in [-0.4, -0.2) is 36.1 Å².